The summed E-state index contributed by atoms with van der Waals surface area (Å²) in [5, 5.41) is 3.63. The minimum absolute atomic E-state index is 0.407. The minimum atomic E-state index is -0.427. The van der Waals surface area contributed by atoms with E-state index in [0.29, 0.717) is 29.4 Å². The van der Waals surface area contributed by atoms with Crippen LogP contribution < -0.4 is 10.1 Å². The Labute approximate surface area is 128 Å². The van der Waals surface area contributed by atoms with Gasteiger partial charge in [0.25, 0.3) is 0 Å². The second-order valence-corrected chi connectivity index (χ2v) is 4.71. The van der Waals surface area contributed by atoms with Gasteiger partial charge < -0.3 is 14.8 Å². The Morgan fingerprint density at radius 2 is 1.95 bits per heavy atom. The number of carbonyl (C=O) groups is 1. The topological polar surface area (TPSA) is 47.6 Å². The van der Waals surface area contributed by atoms with Crippen molar-refractivity contribution in [2.45, 2.75) is 0 Å². The first-order valence-electron chi connectivity index (χ1n) is 6.50. The number of rotatable bonds is 6. The third-order valence-electron chi connectivity index (χ3n) is 2.82. The summed E-state index contributed by atoms with van der Waals surface area (Å²) in [4.78, 5) is 11.7. The number of esters is 1. The van der Waals surface area contributed by atoms with Gasteiger partial charge in [0.1, 0.15) is 12.4 Å². The molecule has 0 amide bonds. The van der Waals surface area contributed by atoms with Gasteiger partial charge in [-0.3, -0.25) is 0 Å². The summed E-state index contributed by atoms with van der Waals surface area (Å²) < 4.78 is 10.3. The number of carbonyl (C=O) groups excluding carboxylic acids is 1. The molecule has 5 heteroatoms. The molecule has 0 bridgehead atoms. The molecule has 1 N–H and O–H groups in total. The van der Waals surface area contributed by atoms with Crippen LogP contribution in [-0.2, 0) is 4.74 Å². The maximum absolute atomic E-state index is 11.7. The molecule has 2 aromatic rings. The van der Waals surface area contributed by atoms with Crippen LogP contribution in [0.1, 0.15) is 10.4 Å². The Kier molecular flexibility index (Phi) is 5.46. The third kappa shape index (κ3) is 4.39. The van der Waals surface area contributed by atoms with Gasteiger partial charge in [0, 0.05) is 17.3 Å². The Morgan fingerprint density at radius 1 is 1.19 bits per heavy atom. The van der Waals surface area contributed by atoms with Crippen LogP contribution in [0.3, 0.4) is 0 Å². The maximum atomic E-state index is 11.7. The largest absolute Gasteiger partial charge is 0.492 e. The lowest BCUT2D eigenvalue weighted by Gasteiger charge is -2.12. The Bertz CT molecular complexity index is 602. The minimum Gasteiger partial charge on any atom is -0.492 e. The van der Waals surface area contributed by atoms with E-state index in [4.69, 9.17) is 21.1 Å². The van der Waals surface area contributed by atoms with Crippen LogP contribution in [0.5, 0.6) is 5.75 Å². The van der Waals surface area contributed by atoms with Crippen molar-refractivity contribution in [3.63, 3.8) is 0 Å². The zero-order chi connectivity index (χ0) is 15.1. The highest BCUT2D eigenvalue weighted by Crippen LogP contribution is 2.21. The van der Waals surface area contributed by atoms with Gasteiger partial charge in [0.15, 0.2) is 0 Å². The zero-order valence-electron chi connectivity index (χ0n) is 11.6. The van der Waals surface area contributed by atoms with Crippen molar-refractivity contribution in [1.29, 1.82) is 0 Å². The van der Waals surface area contributed by atoms with Crippen LogP contribution in [0.4, 0.5) is 5.69 Å². The Morgan fingerprint density at radius 3 is 2.67 bits per heavy atom. The van der Waals surface area contributed by atoms with Crippen LogP contribution >= 0.6 is 11.6 Å². The molecule has 21 heavy (non-hydrogen) atoms. The van der Waals surface area contributed by atoms with Crippen LogP contribution in [0.25, 0.3) is 0 Å². The van der Waals surface area contributed by atoms with Crippen LogP contribution in [0.15, 0.2) is 48.5 Å². The van der Waals surface area contributed by atoms with Crippen LogP contribution in [0.2, 0.25) is 5.02 Å². The van der Waals surface area contributed by atoms with Gasteiger partial charge >= 0.3 is 5.97 Å². The summed E-state index contributed by atoms with van der Waals surface area (Å²) in [5.74, 6) is 0.382. The average molecular weight is 306 g/mol. The molecule has 110 valence electrons. The van der Waals surface area contributed by atoms with E-state index < -0.39 is 5.97 Å². The second-order valence-electron chi connectivity index (χ2n) is 4.27. The smallest absolute Gasteiger partial charge is 0.340 e. The molecule has 0 fully saturated rings. The van der Waals surface area contributed by atoms with Crippen molar-refractivity contribution < 1.29 is 14.3 Å². The van der Waals surface area contributed by atoms with Crippen molar-refractivity contribution in [1.82, 2.24) is 0 Å². The zero-order valence-corrected chi connectivity index (χ0v) is 12.4. The fourth-order valence-corrected chi connectivity index (χ4v) is 1.99. The quantitative estimate of drug-likeness (QED) is 0.654. The monoisotopic (exact) mass is 305 g/mol. The number of methoxy groups -OCH3 is 1. The van der Waals surface area contributed by atoms with E-state index in [0.717, 1.165) is 5.75 Å². The SMILES string of the molecule is COC(=O)c1cc(Cl)ccc1NCCOc1ccccc1. The summed E-state index contributed by atoms with van der Waals surface area (Å²) in [6.07, 6.45) is 0. The van der Waals surface area contributed by atoms with Crippen molar-refractivity contribution in [3.05, 3.63) is 59.1 Å². The molecule has 0 atom stereocenters. The van der Waals surface area contributed by atoms with E-state index in [1.54, 1.807) is 18.2 Å². The molecule has 0 aliphatic rings. The molecule has 0 radical (unpaired) electrons. The van der Waals surface area contributed by atoms with Gasteiger partial charge in [-0.05, 0) is 30.3 Å². The molecule has 0 aliphatic carbocycles. The van der Waals surface area contributed by atoms with Gasteiger partial charge in [-0.15, -0.1) is 0 Å². The standard InChI is InChI=1S/C16H16ClNO3/c1-20-16(19)14-11-12(17)7-8-15(14)18-9-10-21-13-5-3-2-4-6-13/h2-8,11,18H,9-10H2,1H3. The number of nitrogens with one attached hydrogen (secondary N) is 1. The molecule has 2 aromatic carbocycles. The van der Waals surface area contributed by atoms with Crippen molar-refractivity contribution in [2.24, 2.45) is 0 Å². The van der Waals surface area contributed by atoms with E-state index in [1.165, 1.54) is 7.11 Å². The second kappa shape index (κ2) is 7.55. The van der Waals surface area contributed by atoms with Gasteiger partial charge in [0.05, 0.1) is 12.7 Å². The Balaban J connectivity index is 1.92. The highest BCUT2D eigenvalue weighted by atomic mass is 35.5. The van der Waals surface area contributed by atoms with E-state index in [1.807, 2.05) is 30.3 Å². The molecule has 2 rings (SSSR count). The van der Waals surface area contributed by atoms with Gasteiger partial charge in [-0.2, -0.15) is 0 Å². The highest BCUT2D eigenvalue weighted by molar-refractivity contribution is 6.31. The average Bonchev–Trinajstić information content (AvgIpc) is 2.53. The van der Waals surface area contributed by atoms with Crippen molar-refractivity contribution in [2.75, 3.05) is 25.6 Å². The number of anilines is 1. The first-order valence-corrected chi connectivity index (χ1v) is 6.88. The summed E-state index contributed by atoms with van der Waals surface area (Å²) >= 11 is 5.90. The van der Waals surface area contributed by atoms with E-state index in [-0.39, 0.29) is 0 Å². The van der Waals surface area contributed by atoms with Crippen molar-refractivity contribution >= 4 is 23.3 Å². The molecule has 0 spiro atoms. The molecule has 0 aromatic heterocycles. The van der Waals surface area contributed by atoms with Crippen molar-refractivity contribution in [3.8, 4) is 5.75 Å². The normalized spacial score (nSPS) is 10.0. The molecular weight excluding hydrogens is 290 g/mol. The molecule has 0 saturated heterocycles. The number of para-hydroxylation sites is 1. The summed E-state index contributed by atoms with van der Waals surface area (Å²) in [7, 11) is 1.34. The number of hydrogen-bond donors (Lipinski definition) is 1. The summed E-state index contributed by atoms with van der Waals surface area (Å²) in [5.41, 5.74) is 1.08. The lowest BCUT2D eigenvalue weighted by molar-refractivity contribution is 0.0602. The lowest BCUT2D eigenvalue weighted by Crippen LogP contribution is -2.14. The molecule has 0 heterocycles. The molecule has 0 aliphatic heterocycles. The van der Waals surface area contributed by atoms with Gasteiger partial charge in [-0.1, -0.05) is 29.8 Å². The van der Waals surface area contributed by atoms with E-state index in [2.05, 4.69) is 5.32 Å². The Hall–Kier alpha value is -2.20. The fourth-order valence-electron chi connectivity index (χ4n) is 1.82. The summed E-state index contributed by atoms with van der Waals surface area (Å²) in [6.45, 7) is 1.04. The molecule has 0 saturated carbocycles. The predicted molar refractivity (Wildman–Crippen MR) is 83.2 cm³/mol. The third-order valence-corrected chi connectivity index (χ3v) is 3.05. The number of ether oxygens (including phenoxy) is 2. The van der Waals surface area contributed by atoms with Crippen LogP contribution in [0, 0.1) is 0 Å². The highest BCUT2D eigenvalue weighted by Gasteiger charge is 2.12. The molecule has 0 unspecified atom stereocenters. The summed E-state index contributed by atoms with van der Waals surface area (Å²) in [6, 6.07) is 14.6. The number of halogens is 1. The van der Waals surface area contributed by atoms with Crippen LogP contribution in [-0.4, -0.2) is 26.2 Å². The van der Waals surface area contributed by atoms with E-state index in [9.17, 15) is 4.79 Å². The molecule has 4 nitrogen and oxygen atoms in total. The first-order chi connectivity index (χ1) is 10.2. The van der Waals surface area contributed by atoms with E-state index >= 15 is 0 Å². The predicted octanol–water partition coefficient (Wildman–Crippen LogP) is 3.62. The number of benzene rings is 2. The lowest BCUT2D eigenvalue weighted by atomic mass is 10.2. The number of hydrogen-bond acceptors (Lipinski definition) is 4. The maximum Gasteiger partial charge on any atom is 0.340 e. The fraction of sp³-hybridized carbons (Fsp3) is 0.188. The first kappa shape index (κ1) is 15.2. The molecular formula is C16H16ClNO3. The van der Waals surface area contributed by atoms with Gasteiger partial charge in [0.2, 0.25) is 0 Å². The van der Waals surface area contributed by atoms with Gasteiger partial charge in [-0.25, -0.2) is 4.79 Å².